The van der Waals surface area contributed by atoms with Gasteiger partial charge in [-0.05, 0) is 44.6 Å². The van der Waals surface area contributed by atoms with Crippen LogP contribution in [0, 0.1) is 0 Å². The number of rotatable bonds is 3. The summed E-state index contributed by atoms with van der Waals surface area (Å²) in [6.45, 7) is 1.55. The lowest BCUT2D eigenvalue weighted by Gasteiger charge is -2.25. The highest BCUT2D eigenvalue weighted by atomic mass is 16.3. The maximum atomic E-state index is 12.6. The first kappa shape index (κ1) is 16.7. The van der Waals surface area contributed by atoms with E-state index in [0.717, 1.165) is 44.2 Å². The summed E-state index contributed by atoms with van der Waals surface area (Å²) < 4.78 is 5.77. The summed E-state index contributed by atoms with van der Waals surface area (Å²) in [6.07, 6.45) is 8.15. The van der Waals surface area contributed by atoms with Crippen molar-refractivity contribution in [2.45, 2.75) is 56.7 Å². The summed E-state index contributed by atoms with van der Waals surface area (Å²) >= 11 is 0. The maximum Gasteiger partial charge on any atom is 0.289 e. The molecule has 2 N–H and O–H groups in total. The van der Waals surface area contributed by atoms with Crippen LogP contribution in [0.15, 0.2) is 22.7 Å². The fourth-order valence-corrected chi connectivity index (χ4v) is 4.64. The Kier molecular flexibility index (Phi) is 4.11. The predicted octanol–water partition coefficient (Wildman–Crippen LogP) is 2.08. The van der Waals surface area contributed by atoms with Crippen LogP contribution in [0.3, 0.4) is 0 Å². The zero-order valence-electron chi connectivity index (χ0n) is 15.2. The second kappa shape index (κ2) is 6.64. The zero-order chi connectivity index (χ0) is 18.4. The molecule has 7 nitrogen and oxygen atoms in total. The molecular weight excluding hydrogens is 344 g/mol. The molecule has 3 fully saturated rings. The third-order valence-corrected chi connectivity index (χ3v) is 6.10. The van der Waals surface area contributed by atoms with Crippen molar-refractivity contribution in [3.8, 4) is 0 Å². The van der Waals surface area contributed by atoms with Crippen molar-refractivity contribution in [2.75, 3.05) is 13.1 Å². The summed E-state index contributed by atoms with van der Waals surface area (Å²) in [5.41, 5.74) is 0.859. The molecule has 3 atom stereocenters. The van der Waals surface area contributed by atoms with Crippen molar-refractivity contribution in [1.29, 1.82) is 0 Å². The van der Waals surface area contributed by atoms with Crippen LogP contribution >= 0.6 is 0 Å². The van der Waals surface area contributed by atoms with E-state index in [1.165, 1.54) is 12.8 Å². The van der Waals surface area contributed by atoms with E-state index < -0.39 is 0 Å². The number of hydrogen-bond acceptors (Lipinski definition) is 5. The predicted molar refractivity (Wildman–Crippen MR) is 99.6 cm³/mol. The smallest absolute Gasteiger partial charge is 0.289 e. The van der Waals surface area contributed by atoms with Gasteiger partial charge in [0.25, 0.3) is 11.8 Å². The summed E-state index contributed by atoms with van der Waals surface area (Å²) in [4.78, 5) is 31.3. The molecule has 7 heteroatoms. The molecule has 5 heterocycles. The van der Waals surface area contributed by atoms with Crippen molar-refractivity contribution in [3.05, 3.63) is 29.8 Å². The SMILES string of the molecule is O=C(N[C@@H]1C[C@H]2CC[C@@H]1N2)c1cc2oc(C(=O)N3CCCCC3)cc2cn1. The van der Waals surface area contributed by atoms with Crippen molar-refractivity contribution in [1.82, 2.24) is 20.5 Å². The van der Waals surface area contributed by atoms with E-state index in [9.17, 15) is 9.59 Å². The van der Waals surface area contributed by atoms with Crippen molar-refractivity contribution >= 4 is 22.8 Å². The van der Waals surface area contributed by atoms with Crippen LogP contribution in [0.25, 0.3) is 11.0 Å². The van der Waals surface area contributed by atoms with Crippen LogP contribution in [0.4, 0.5) is 0 Å². The minimum absolute atomic E-state index is 0.0787. The summed E-state index contributed by atoms with van der Waals surface area (Å²) in [5, 5.41) is 7.35. The van der Waals surface area contributed by atoms with E-state index >= 15 is 0 Å². The van der Waals surface area contributed by atoms with Gasteiger partial charge in [-0.3, -0.25) is 14.6 Å². The van der Waals surface area contributed by atoms with Crippen molar-refractivity contribution < 1.29 is 14.0 Å². The Morgan fingerprint density at radius 3 is 2.78 bits per heavy atom. The number of nitrogens with zero attached hydrogens (tertiary/aromatic N) is 2. The molecule has 5 rings (SSSR count). The van der Waals surface area contributed by atoms with Gasteiger partial charge < -0.3 is 20.0 Å². The number of carbonyl (C=O) groups is 2. The number of fused-ring (bicyclic) bond motifs is 3. The third kappa shape index (κ3) is 3.10. The molecule has 2 amide bonds. The molecule has 0 saturated carbocycles. The third-order valence-electron chi connectivity index (χ3n) is 6.10. The largest absolute Gasteiger partial charge is 0.451 e. The summed E-state index contributed by atoms with van der Waals surface area (Å²) in [5.74, 6) is 0.0603. The van der Waals surface area contributed by atoms with Crippen molar-refractivity contribution in [3.63, 3.8) is 0 Å². The number of likely N-dealkylation sites (tertiary alicyclic amines) is 1. The Labute approximate surface area is 157 Å². The van der Waals surface area contributed by atoms with E-state index in [0.29, 0.717) is 29.1 Å². The number of hydrogen-bond donors (Lipinski definition) is 2. The molecule has 0 aromatic carbocycles. The number of amides is 2. The fraction of sp³-hybridized carbons (Fsp3) is 0.550. The van der Waals surface area contributed by atoms with Crippen LogP contribution in [0.2, 0.25) is 0 Å². The molecule has 0 unspecified atom stereocenters. The first-order chi connectivity index (χ1) is 13.2. The van der Waals surface area contributed by atoms with Crippen LogP contribution < -0.4 is 10.6 Å². The molecule has 3 aliphatic rings. The van der Waals surface area contributed by atoms with Gasteiger partial charge in [-0.1, -0.05) is 0 Å². The standard InChI is InChI=1S/C20H24N4O3/c25-19(23-15-9-13-4-5-14(15)22-13)16-10-17-12(11-21-16)8-18(27-17)20(26)24-6-2-1-3-7-24/h8,10-11,13-15,22H,1-7,9H2,(H,23,25)/t13-,14+,15-/m1/s1. The zero-order valence-corrected chi connectivity index (χ0v) is 15.2. The lowest BCUT2D eigenvalue weighted by Crippen LogP contribution is -2.43. The molecule has 2 bridgehead atoms. The number of aromatic nitrogens is 1. The van der Waals surface area contributed by atoms with Gasteiger partial charge in [0.1, 0.15) is 11.3 Å². The van der Waals surface area contributed by atoms with Crippen LogP contribution in [0.1, 0.15) is 59.6 Å². The molecule has 142 valence electrons. The van der Waals surface area contributed by atoms with E-state index in [-0.39, 0.29) is 17.9 Å². The lowest BCUT2D eigenvalue weighted by molar-refractivity contribution is 0.0694. The maximum absolute atomic E-state index is 12.6. The van der Waals surface area contributed by atoms with E-state index in [4.69, 9.17) is 4.42 Å². The molecule has 2 aromatic rings. The van der Waals surface area contributed by atoms with Crippen molar-refractivity contribution in [2.24, 2.45) is 0 Å². The molecular formula is C20H24N4O3. The van der Waals surface area contributed by atoms with Crippen LogP contribution in [-0.4, -0.2) is 52.9 Å². The van der Waals surface area contributed by atoms with Gasteiger partial charge in [0, 0.05) is 48.9 Å². The number of piperidine rings is 1. The number of nitrogens with one attached hydrogen (secondary N) is 2. The monoisotopic (exact) mass is 368 g/mol. The number of furan rings is 1. The first-order valence-electron chi connectivity index (χ1n) is 9.93. The normalized spacial score (nSPS) is 27.3. The first-order valence-corrected chi connectivity index (χ1v) is 9.93. The highest BCUT2D eigenvalue weighted by molar-refractivity contribution is 5.98. The molecule has 0 radical (unpaired) electrons. The van der Waals surface area contributed by atoms with Gasteiger partial charge in [-0.25, -0.2) is 0 Å². The van der Waals surface area contributed by atoms with Gasteiger partial charge in [0.15, 0.2) is 5.76 Å². The molecule has 3 aliphatic heterocycles. The van der Waals surface area contributed by atoms with E-state index in [1.807, 2.05) is 4.90 Å². The Balaban J connectivity index is 1.32. The molecule has 0 spiro atoms. The summed E-state index contributed by atoms with van der Waals surface area (Å²) in [6, 6.07) is 4.44. The minimum Gasteiger partial charge on any atom is -0.451 e. The average molecular weight is 368 g/mol. The molecule has 27 heavy (non-hydrogen) atoms. The molecule has 0 aliphatic carbocycles. The highest BCUT2D eigenvalue weighted by Gasteiger charge is 2.39. The number of pyridine rings is 1. The molecule has 3 saturated heterocycles. The average Bonchev–Trinajstić information content (AvgIpc) is 3.42. The molecule has 2 aromatic heterocycles. The van der Waals surface area contributed by atoms with Gasteiger partial charge in [0.05, 0.1) is 0 Å². The fourth-order valence-electron chi connectivity index (χ4n) is 4.64. The van der Waals surface area contributed by atoms with E-state index in [2.05, 4.69) is 15.6 Å². The Morgan fingerprint density at radius 1 is 1.19 bits per heavy atom. The lowest BCUT2D eigenvalue weighted by atomic mass is 9.95. The van der Waals surface area contributed by atoms with E-state index in [1.54, 1.807) is 18.3 Å². The second-order valence-electron chi connectivity index (χ2n) is 7.93. The Morgan fingerprint density at radius 2 is 2.04 bits per heavy atom. The van der Waals surface area contributed by atoms with Gasteiger partial charge in [-0.15, -0.1) is 0 Å². The number of carbonyl (C=O) groups excluding carboxylic acids is 2. The van der Waals surface area contributed by atoms with Gasteiger partial charge in [0.2, 0.25) is 0 Å². The quantitative estimate of drug-likeness (QED) is 0.866. The topological polar surface area (TPSA) is 87.5 Å². The van der Waals surface area contributed by atoms with Gasteiger partial charge in [-0.2, -0.15) is 0 Å². The van der Waals surface area contributed by atoms with Crippen LogP contribution in [-0.2, 0) is 0 Å². The highest BCUT2D eigenvalue weighted by Crippen LogP contribution is 2.28. The van der Waals surface area contributed by atoms with Gasteiger partial charge >= 0.3 is 0 Å². The second-order valence-corrected chi connectivity index (χ2v) is 7.93. The Hall–Kier alpha value is -2.41. The minimum atomic E-state index is -0.184. The summed E-state index contributed by atoms with van der Waals surface area (Å²) in [7, 11) is 0. The van der Waals surface area contributed by atoms with Crippen LogP contribution in [0.5, 0.6) is 0 Å². The Bertz CT molecular complexity index is 886.